The normalized spacial score (nSPS) is 23.8. The summed E-state index contributed by atoms with van der Waals surface area (Å²) < 4.78 is 37.3. The monoisotopic (exact) mass is 405 g/mol. The minimum Gasteiger partial charge on any atom is -0.356 e. The van der Waals surface area contributed by atoms with Crippen molar-refractivity contribution in [2.75, 3.05) is 52.9 Å². The van der Waals surface area contributed by atoms with Gasteiger partial charge in [0.2, 0.25) is 0 Å². The van der Waals surface area contributed by atoms with E-state index < -0.39 is 12.7 Å². The molecular weight excluding hydrogens is 367 g/mol. The molecule has 0 bridgehead atoms. The number of halogens is 3. The Balaban J connectivity index is 1.53. The third-order valence-electron chi connectivity index (χ3n) is 6.03. The first-order chi connectivity index (χ1) is 13.4. The van der Waals surface area contributed by atoms with E-state index in [1.54, 1.807) is 7.05 Å². The SMILES string of the molecule is CN=C(NCCCN1CCCCC1C)NCCC1CCN(CC(F)(F)F)CC1. The number of aliphatic imine (C=N–C) groups is 1. The summed E-state index contributed by atoms with van der Waals surface area (Å²) in [6.45, 7) is 6.70. The van der Waals surface area contributed by atoms with Crippen LogP contribution in [-0.2, 0) is 0 Å². The Kier molecular flexibility index (Phi) is 9.85. The van der Waals surface area contributed by atoms with Crippen LogP contribution < -0.4 is 10.6 Å². The smallest absolute Gasteiger partial charge is 0.356 e. The highest BCUT2D eigenvalue weighted by atomic mass is 19.4. The molecular formula is C20H38F3N5. The molecule has 2 rings (SSSR count). The van der Waals surface area contributed by atoms with Crippen molar-refractivity contribution >= 4 is 5.96 Å². The fraction of sp³-hybridized carbons (Fsp3) is 0.950. The lowest BCUT2D eigenvalue weighted by molar-refractivity contribution is -0.148. The lowest BCUT2D eigenvalue weighted by Gasteiger charge is -2.33. The molecule has 0 amide bonds. The third-order valence-corrected chi connectivity index (χ3v) is 6.03. The molecule has 2 heterocycles. The molecule has 2 aliphatic heterocycles. The maximum atomic E-state index is 12.4. The number of rotatable bonds is 8. The van der Waals surface area contributed by atoms with Crippen molar-refractivity contribution in [3.05, 3.63) is 0 Å². The number of guanidine groups is 1. The number of nitrogens with zero attached hydrogens (tertiary/aromatic N) is 3. The first-order valence-corrected chi connectivity index (χ1v) is 10.8. The Hall–Kier alpha value is -1.02. The standard InChI is InChI=1S/C20H38F3N5/c1-17-6-3-4-12-28(17)13-5-10-25-19(24-2)26-11-7-18-8-14-27(15-9-18)16-20(21,22)23/h17-18H,3-16H2,1-2H3,(H2,24,25,26). The van der Waals surface area contributed by atoms with Crippen LogP contribution >= 0.6 is 0 Å². The molecule has 164 valence electrons. The second-order valence-corrected chi connectivity index (χ2v) is 8.28. The number of alkyl halides is 3. The number of piperidine rings is 2. The molecule has 0 aromatic heterocycles. The largest absolute Gasteiger partial charge is 0.401 e. The Bertz CT molecular complexity index is 461. The lowest BCUT2D eigenvalue weighted by atomic mass is 9.93. The third kappa shape index (κ3) is 8.99. The molecule has 2 fully saturated rings. The molecule has 0 aromatic rings. The average Bonchev–Trinajstić information content (AvgIpc) is 2.65. The van der Waals surface area contributed by atoms with Gasteiger partial charge in [-0.15, -0.1) is 0 Å². The number of hydrogen-bond acceptors (Lipinski definition) is 3. The maximum Gasteiger partial charge on any atom is 0.401 e. The Morgan fingerprint density at radius 1 is 1.04 bits per heavy atom. The van der Waals surface area contributed by atoms with Crippen LogP contribution in [0.1, 0.15) is 51.9 Å². The summed E-state index contributed by atoms with van der Waals surface area (Å²) in [6, 6.07) is 0.703. The minimum absolute atomic E-state index is 0.496. The van der Waals surface area contributed by atoms with Gasteiger partial charge in [-0.25, -0.2) is 0 Å². The molecule has 8 heteroatoms. The van der Waals surface area contributed by atoms with E-state index in [1.165, 1.54) is 30.7 Å². The summed E-state index contributed by atoms with van der Waals surface area (Å²) in [5.74, 6) is 1.32. The number of hydrogen-bond donors (Lipinski definition) is 2. The molecule has 5 nitrogen and oxygen atoms in total. The predicted octanol–water partition coefficient (Wildman–Crippen LogP) is 3.08. The van der Waals surface area contributed by atoms with Gasteiger partial charge in [-0.05, 0) is 71.0 Å². The Morgan fingerprint density at radius 3 is 2.39 bits per heavy atom. The van der Waals surface area contributed by atoms with Crippen LogP contribution in [0.15, 0.2) is 4.99 Å². The summed E-state index contributed by atoms with van der Waals surface area (Å²) in [6.07, 6.45) is 3.67. The van der Waals surface area contributed by atoms with Crippen LogP contribution in [0.2, 0.25) is 0 Å². The molecule has 1 atom stereocenters. The lowest BCUT2D eigenvalue weighted by Crippen LogP contribution is -2.42. The van der Waals surface area contributed by atoms with Crippen molar-refractivity contribution in [3.63, 3.8) is 0 Å². The van der Waals surface area contributed by atoms with E-state index >= 15 is 0 Å². The van der Waals surface area contributed by atoms with Gasteiger partial charge in [0.15, 0.2) is 5.96 Å². The zero-order valence-corrected chi connectivity index (χ0v) is 17.5. The van der Waals surface area contributed by atoms with Gasteiger partial charge in [-0.1, -0.05) is 6.42 Å². The van der Waals surface area contributed by atoms with Crippen molar-refractivity contribution in [3.8, 4) is 0 Å². The zero-order valence-electron chi connectivity index (χ0n) is 17.5. The van der Waals surface area contributed by atoms with E-state index in [9.17, 15) is 13.2 Å². The van der Waals surface area contributed by atoms with Crippen LogP contribution in [0.4, 0.5) is 13.2 Å². The van der Waals surface area contributed by atoms with Crippen molar-refractivity contribution < 1.29 is 13.2 Å². The molecule has 1 unspecified atom stereocenters. The van der Waals surface area contributed by atoms with E-state index in [0.717, 1.165) is 51.3 Å². The Morgan fingerprint density at radius 2 is 1.75 bits per heavy atom. The molecule has 0 spiro atoms. The van der Waals surface area contributed by atoms with Gasteiger partial charge in [-0.3, -0.25) is 9.89 Å². The van der Waals surface area contributed by atoms with Gasteiger partial charge in [0, 0.05) is 32.7 Å². The van der Waals surface area contributed by atoms with Crippen LogP contribution in [-0.4, -0.2) is 80.8 Å². The average molecular weight is 406 g/mol. The topological polar surface area (TPSA) is 42.9 Å². The highest BCUT2D eigenvalue weighted by molar-refractivity contribution is 5.79. The fourth-order valence-electron chi connectivity index (χ4n) is 4.28. The van der Waals surface area contributed by atoms with Crippen LogP contribution in [0.5, 0.6) is 0 Å². The van der Waals surface area contributed by atoms with Gasteiger partial charge in [0.25, 0.3) is 0 Å². The highest BCUT2D eigenvalue weighted by Crippen LogP contribution is 2.24. The van der Waals surface area contributed by atoms with E-state index in [1.807, 2.05) is 0 Å². The number of likely N-dealkylation sites (tertiary alicyclic amines) is 2. The summed E-state index contributed by atoms with van der Waals surface area (Å²) in [4.78, 5) is 8.37. The second-order valence-electron chi connectivity index (χ2n) is 8.28. The van der Waals surface area contributed by atoms with Crippen LogP contribution in [0.25, 0.3) is 0 Å². The minimum atomic E-state index is -4.08. The summed E-state index contributed by atoms with van der Waals surface area (Å²) in [7, 11) is 1.78. The molecule has 2 saturated heterocycles. The molecule has 0 aromatic carbocycles. The van der Waals surface area contributed by atoms with E-state index in [4.69, 9.17) is 0 Å². The van der Waals surface area contributed by atoms with Crippen molar-refractivity contribution in [2.24, 2.45) is 10.9 Å². The van der Waals surface area contributed by atoms with Gasteiger partial charge in [0.05, 0.1) is 6.54 Å². The van der Waals surface area contributed by atoms with Crippen LogP contribution in [0.3, 0.4) is 0 Å². The van der Waals surface area contributed by atoms with Crippen molar-refractivity contribution in [1.29, 1.82) is 0 Å². The van der Waals surface area contributed by atoms with Gasteiger partial charge < -0.3 is 15.5 Å². The molecule has 0 radical (unpaired) electrons. The summed E-state index contributed by atoms with van der Waals surface area (Å²) in [5.41, 5.74) is 0. The van der Waals surface area contributed by atoms with Crippen molar-refractivity contribution in [2.45, 2.75) is 64.1 Å². The van der Waals surface area contributed by atoms with E-state index in [-0.39, 0.29) is 0 Å². The summed E-state index contributed by atoms with van der Waals surface area (Å²) >= 11 is 0. The molecule has 2 aliphatic rings. The highest BCUT2D eigenvalue weighted by Gasteiger charge is 2.32. The van der Waals surface area contributed by atoms with E-state index in [2.05, 4.69) is 27.4 Å². The fourth-order valence-corrected chi connectivity index (χ4v) is 4.28. The second kappa shape index (κ2) is 11.9. The van der Waals surface area contributed by atoms with Gasteiger partial charge in [-0.2, -0.15) is 13.2 Å². The number of nitrogens with one attached hydrogen (secondary N) is 2. The Labute approximate surface area is 168 Å². The molecule has 0 aliphatic carbocycles. The van der Waals surface area contributed by atoms with Gasteiger partial charge in [0.1, 0.15) is 0 Å². The van der Waals surface area contributed by atoms with Crippen molar-refractivity contribution in [1.82, 2.24) is 20.4 Å². The zero-order chi connectivity index (χ0) is 20.4. The quantitative estimate of drug-likeness (QED) is 0.370. The predicted molar refractivity (Wildman–Crippen MR) is 109 cm³/mol. The van der Waals surface area contributed by atoms with Gasteiger partial charge >= 0.3 is 6.18 Å². The maximum absolute atomic E-state index is 12.4. The molecule has 28 heavy (non-hydrogen) atoms. The first-order valence-electron chi connectivity index (χ1n) is 10.8. The first kappa shape index (κ1) is 23.3. The van der Waals surface area contributed by atoms with Crippen LogP contribution in [0, 0.1) is 5.92 Å². The van der Waals surface area contributed by atoms with E-state index in [0.29, 0.717) is 25.0 Å². The summed E-state index contributed by atoms with van der Waals surface area (Å²) in [5, 5.41) is 6.72. The molecule has 2 N–H and O–H groups in total. The molecule has 0 saturated carbocycles.